The number of hydrogen-bond donors (Lipinski definition) is 1. The predicted octanol–water partition coefficient (Wildman–Crippen LogP) is 4.64. The van der Waals surface area contributed by atoms with E-state index in [2.05, 4.69) is 4.98 Å². The second-order valence-electron chi connectivity index (χ2n) is 7.86. The number of rotatable bonds is 8. The van der Waals surface area contributed by atoms with E-state index < -0.39 is 23.5 Å². The molecule has 1 aliphatic heterocycles. The van der Waals surface area contributed by atoms with E-state index in [0.29, 0.717) is 35.8 Å². The third kappa shape index (κ3) is 4.87. The first kappa shape index (κ1) is 23.9. The number of aliphatic hydroxyl groups excluding tert-OH is 1. The summed E-state index contributed by atoms with van der Waals surface area (Å²) in [6.45, 7) is 4.47. The van der Waals surface area contributed by atoms with Gasteiger partial charge in [0.05, 0.1) is 30.4 Å². The number of ether oxygens (including phenoxy) is 2. The number of pyridine rings is 1. The van der Waals surface area contributed by atoms with Crippen molar-refractivity contribution in [2.75, 3.05) is 13.2 Å². The van der Waals surface area contributed by atoms with Crippen molar-refractivity contribution in [1.29, 1.82) is 0 Å². The third-order valence-electron chi connectivity index (χ3n) is 5.63. The summed E-state index contributed by atoms with van der Waals surface area (Å²) in [6.07, 6.45) is 3.12. The van der Waals surface area contributed by atoms with Crippen LogP contribution in [0.2, 0.25) is 0 Å². The van der Waals surface area contributed by atoms with E-state index in [-0.39, 0.29) is 23.4 Å². The van der Waals surface area contributed by atoms with Crippen LogP contribution in [-0.2, 0) is 16.1 Å². The van der Waals surface area contributed by atoms with Crippen molar-refractivity contribution in [2.24, 2.45) is 0 Å². The van der Waals surface area contributed by atoms with Gasteiger partial charge in [0.15, 0.2) is 0 Å². The van der Waals surface area contributed by atoms with Gasteiger partial charge in [-0.3, -0.25) is 14.6 Å². The summed E-state index contributed by atoms with van der Waals surface area (Å²) in [5, 5.41) is 11.4. The van der Waals surface area contributed by atoms with Gasteiger partial charge in [-0.05, 0) is 55.3 Å². The molecule has 8 heteroatoms. The lowest BCUT2D eigenvalue weighted by Crippen LogP contribution is -2.29. The van der Waals surface area contributed by atoms with Gasteiger partial charge in [0, 0.05) is 25.0 Å². The quantitative estimate of drug-likeness (QED) is 0.290. The highest BCUT2D eigenvalue weighted by Crippen LogP contribution is 2.42. The minimum atomic E-state index is -0.894. The van der Waals surface area contributed by atoms with Gasteiger partial charge in [0.2, 0.25) is 0 Å². The van der Waals surface area contributed by atoms with Crippen LogP contribution in [0.15, 0.2) is 72.6 Å². The summed E-state index contributed by atoms with van der Waals surface area (Å²) in [6, 6.07) is 13.1. The van der Waals surface area contributed by atoms with Gasteiger partial charge < -0.3 is 19.5 Å². The van der Waals surface area contributed by atoms with Crippen molar-refractivity contribution < 1.29 is 28.6 Å². The molecule has 2 aromatic carbocycles. The fraction of sp³-hybridized carbons (Fsp3) is 0.222. The minimum absolute atomic E-state index is 0.0444. The minimum Gasteiger partial charge on any atom is -0.507 e. The second kappa shape index (κ2) is 10.4. The molecular weight excluding hydrogens is 451 g/mol. The Labute approximate surface area is 202 Å². The molecule has 180 valence electrons. The molecule has 0 aliphatic carbocycles. The lowest BCUT2D eigenvalue weighted by atomic mass is 9.95. The van der Waals surface area contributed by atoms with E-state index in [9.17, 15) is 19.1 Å². The molecule has 0 saturated carbocycles. The number of aromatic nitrogens is 1. The van der Waals surface area contributed by atoms with Gasteiger partial charge in [-0.25, -0.2) is 4.39 Å². The SMILES string of the molecule is CCOc1ccc(/C(O)=C2/C(=O)C(=O)N(Cc3ccc(F)cc3)C2c2cccnc2)c(OCC)c1. The molecule has 2 heterocycles. The highest BCUT2D eigenvalue weighted by molar-refractivity contribution is 6.46. The number of Topliss-reactive ketones (excluding diaryl/α,β-unsaturated/α-hetero) is 1. The van der Waals surface area contributed by atoms with Crippen molar-refractivity contribution >= 4 is 17.4 Å². The summed E-state index contributed by atoms with van der Waals surface area (Å²) < 4.78 is 24.7. The lowest BCUT2D eigenvalue weighted by Gasteiger charge is -2.25. The first-order valence-corrected chi connectivity index (χ1v) is 11.3. The predicted molar refractivity (Wildman–Crippen MR) is 127 cm³/mol. The summed E-state index contributed by atoms with van der Waals surface area (Å²) in [5.41, 5.74) is 1.39. The number of amides is 1. The van der Waals surface area contributed by atoms with E-state index >= 15 is 0 Å². The summed E-state index contributed by atoms with van der Waals surface area (Å²) in [4.78, 5) is 31.9. The number of carbonyl (C=O) groups excluding carboxylic acids is 2. The molecule has 1 unspecified atom stereocenters. The first-order valence-electron chi connectivity index (χ1n) is 11.3. The fourth-order valence-corrected chi connectivity index (χ4v) is 4.09. The molecule has 1 N–H and O–H groups in total. The third-order valence-corrected chi connectivity index (χ3v) is 5.63. The van der Waals surface area contributed by atoms with Crippen LogP contribution in [0.5, 0.6) is 11.5 Å². The Hall–Kier alpha value is -4.20. The summed E-state index contributed by atoms with van der Waals surface area (Å²) >= 11 is 0. The molecular formula is C27H25FN2O5. The van der Waals surface area contributed by atoms with Crippen molar-refractivity contribution in [1.82, 2.24) is 9.88 Å². The lowest BCUT2D eigenvalue weighted by molar-refractivity contribution is -0.140. The van der Waals surface area contributed by atoms with Gasteiger partial charge in [0.1, 0.15) is 23.1 Å². The maximum absolute atomic E-state index is 13.4. The van der Waals surface area contributed by atoms with Gasteiger partial charge in [-0.15, -0.1) is 0 Å². The van der Waals surface area contributed by atoms with Crippen molar-refractivity contribution in [2.45, 2.75) is 26.4 Å². The summed E-state index contributed by atoms with van der Waals surface area (Å²) in [7, 11) is 0. The highest BCUT2D eigenvalue weighted by Gasteiger charge is 2.46. The number of likely N-dealkylation sites (tertiary alicyclic amines) is 1. The number of hydrogen-bond acceptors (Lipinski definition) is 6. The molecule has 0 bridgehead atoms. The van der Waals surface area contributed by atoms with E-state index in [1.165, 1.54) is 17.0 Å². The molecule has 35 heavy (non-hydrogen) atoms. The van der Waals surface area contributed by atoms with Gasteiger partial charge in [-0.1, -0.05) is 18.2 Å². The zero-order valence-corrected chi connectivity index (χ0v) is 19.4. The number of ketones is 1. The molecule has 1 aromatic heterocycles. The Morgan fingerprint density at radius 3 is 2.46 bits per heavy atom. The van der Waals surface area contributed by atoms with Crippen molar-refractivity contribution in [3.05, 3.63) is 95.1 Å². The topological polar surface area (TPSA) is 89.0 Å². The van der Waals surface area contributed by atoms with Crippen LogP contribution in [-0.4, -0.2) is 39.9 Å². The second-order valence-corrected chi connectivity index (χ2v) is 7.86. The maximum Gasteiger partial charge on any atom is 0.295 e. The van der Waals surface area contributed by atoms with Crippen LogP contribution < -0.4 is 9.47 Å². The van der Waals surface area contributed by atoms with Crippen LogP contribution in [0.1, 0.15) is 36.6 Å². The van der Waals surface area contributed by atoms with Crippen LogP contribution in [0.3, 0.4) is 0 Å². The van der Waals surface area contributed by atoms with Gasteiger partial charge in [0.25, 0.3) is 11.7 Å². The molecule has 1 amide bonds. The monoisotopic (exact) mass is 476 g/mol. The van der Waals surface area contributed by atoms with Gasteiger partial charge in [-0.2, -0.15) is 0 Å². The number of aliphatic hydroxyl groups is 1. The van der Waals surface area contributed by atoms with E-state index in [1.54, 1.807) is 61.8 Å². The molecule has 0 radical (unpaired) electrons. The highest BCUT2D eigenvalue weighted by atomic mass is 19.1. The standard InChI is InChI=1S/C27H25FN2O5/c1-3-34-20-11-12-21(22(14-20)35-4-2)25(31)23-24(18-6-5-13-29-15-18)30(27(33)26(23)32)16-17-7-9-19(28)10-8-17/h5-15,24,31H,3-4,16H2,1-2H3/b25-23-. The van der Waals surface area contributed by atoms with E-state index in [0.717, 1.165) is 0 Å². The van der Waals surface area contributed by atoms with Crippen molar-refractivity contribution in [3.63, 3.8) is 0 Å². The Balaban J connectivity index is 1.85. The first-order chi connectivity index (χ1) is 16.9. The Morgan fingerprint density at radius 1 is 1.06 bits per heavy atom. The normalized spacial score (nSPS) is 17.0. The molecule has 1 fully saturated rings. The molecule has 1 atom stereocenters. The molecule has 1 saturated heterocycles. The molecule has 0 spiro atoms. The Bertz CT molecular complexity index is 1260. The van der Waals surface area contributed by atoms with E-state index in [4.69, 9.17) is 9.47 Å². The Kier molecular flexibility index (Phi) is 7.10. The van der Waals surface area contributed by atoms with E-state index in [1.807, 2.05) is 6.92 Å². The number of benzene rings is 2. The average molecular weight is 477 g/mol. The molecule has 4 rings (SSSR count). The molecule has 1 aliphatic rings. The summed E-state index contributed by atoms with van der Waals surface area (Å²) in [5.74, 6) is -1.48. The molecule has 7 nitrogen and oxygen atoms in total. The van der Waals surface area contributed by atoms with Crippen LogP contribution in [0.25, 0.3) is 5.76 Å². The largest absolute Gasteiger partial charge is 0.507 e. The van der Waals surface area contributed by atoms with Crippen molar-refractivity contribution in [3.8, 4) is 11.5 Å². The Morgan fingerprint density at radius 2 is 1.80 bits per heavy atom. The maximum atomic E-state index is 13.4. The van der Waals surface area contributed by atoms with Crippen LogP contribution in [0, 0.1) is 5.82 Å². The smallest absolute Gasteiger partial charge is 0.295 e. The van der Waals surface area contributed by atoms with Crippen LogP contribution in [0.4, 0.5) is 4.39 Å². The molecule has 3 aromatic rings. The number of halogens is 1. The average Bonchev–Trinajstić information content (AvgIpc) is 3.11. The fourth-order valence-electron chi connectivity index (χ4n) is 4.09. The van der Waals surface area contributed by atoms with Gasteiger partial charge >= 0.3 is 0 Å². The number of carbonyl (C=O) groups is 2. The number of nitrogens with zero attached hydrogens (tertiary/aromatic N) is 2. The zero-order chi connectivity index (χ0) is 24.9. The van der Waals surface area contributed by atoms with Crippen LogP contribution >= 0.6 is 0 Å². The zero-order valence-electron chi connectivity index (χ0n) is 19.4.